The summed E-state index contributed by atoms with van der Waals surface area (Å²) in [4.78, 5) is 0. The largest absolute Gasteiger partial charge is 0.389 e. The van der Waals surface area contributed by atoms with Gasteiger partial charge in [-0.1, -0.05) is 37.3 Å². The minimum atomic E-state index is -4.15. The standard InChI is InChI=1S/C14H19F3O2/c1-2-12(19-10-6-9-14(15,16)17)13(18)11-7-4-3-5-8-11/h3-5,7-8,12-13,18H,2,6,9-10H2,1H3. The summed E-state index contributed by atoms with van der Waals surface area (Å²) in [6.45, 7) is 1.84. The van der Waals surface area contributed by atoms with E-state index in [9.17, 15) is 18.3 Å². The lowest BCUT2D eigenvalue weighted by atomic mass is 10.0. The van der Waals surface area contributed by atoms with E-state index in [0.29, 0.717) is 12.0 Å². The first kappa shape index (κ1) is 16.0. The fourth-order valence-corrected chi connectivity index (χ4v) is 1.80. The van der Waals surface area contributed by atoms with Crippen molar-refractivity contribution in [3.8, 4) is 0 Å². The summed E-state index contributed by atoms with van der Waals surface area (Å²) in [6, 6.07) is 8.98. The predicted molar refractivity (Wildman–Crippen MR) is 66.7 cm³/mol. The van der Waals surface area contributed by atoms with Crippen LogP contribution < -0.4 is 0 Å². The molecule has 0 amide bonds. The zero-order valence-corrected chi connectivity index (χ0v) is 10.9. The number of hydrogen-bond acceptors (Lipinski definition) is 2. The van der Waals surface area contributed by atoms with Crippen LogP contribution in [0.2, 0.25) is 0 Å². The maximum Gasteiger partial charge on any atom is 0.389 e. The van der Waals surface area contributed by atoms with Crippen LogP contribution in [-0.4, -0.2) is 24.0 Å². The second-order valence-corrected chi connectivity index (χ2v) is 4.39. The van der Waals surface area contributed by atoms with Crippen molar-refractivity contribution in [1.29, 1.82) is 0 Å². The van der Waals surface area contributed by atoms with Gasteiger partial charge in [0, 0.05) is 13.0 Å². The number of alkyl halides is 3. The molecular weight excluding hydrogens is 257 g/mol. The second-order valence-electron chi connectivity index (χ2n) is 4.39. The number of benzene rings is 1. The van der Waals surface area contributed by atoms with Crippen molar-refractivity contribution in [2.24, 2.45) is 0 Å². The van der Waals surface area contributed by atoms with E-state index in [-0.39, 0.29) is 13.0 Å². The van der Waals surface area contributed by atoms with E-state index in [4.69, 9.17) is 4.74 Å². The summed E-state index contributed by atoms with van der Waals surface area (Å²) >= 11 is 0. The zero-order valence-electron chi connectivity index (χ0n) is 10.9. The van der Waals surface area contributed by atoms with Gasteiger partial charge in [0.2, 0.25) is 0 Å². The van der Waals surface area contributed by atoms with E-state index < -0.39 is 24.8 Å². The van der Waals surface area contributed by atoms with Gasteiger partial charge in [0.05, 0.1) is 6.10 Å². The molecular formula is C14H19F3O2. The van der Waals surface area contributed by atoms with Crippen LogP contribution in [0.3, 0.4) is 0 Å². The molecule has 0 aliphatic carbocycles. The number of aliphatic hydroxyl groups is 1. The molecule has 1 aromatic rings. The topological polar surface area (TPSA) is 29.5 Å². The van der Waals surface area contributed by atoms with Gasteiger partial charge in [-0.2, -0.15) is 13.2 Å². The molecule has 108 valence electrons. The average molecular weight is 276 g/mol. The van der Waals surface area contributed by atoms with Crippen LogP contribution in [0, 0.1) is 0 Å². The van der Waals surface area contributed by atoms with E-state index in [0.717, 1.165) is 0 Å². The molecule has 0 radical (unpaired) electrons. The van der Waals surface area contributed by atoms with Gasteiger partial charge >= 0.3 is 6.18 Å². The molecule has 1 rings (SSSR count). The summed E-state index contributed by atoms with van der Waals surface area (Å²) in [7, 11) is 0. The van der Waals surface area contributed by atoms with Crippen LogP contribution in [0.5, 0.6) is 0 Å². The van der Waals surface area contributed by atoms with Crippen LogP contribution in [0.1, 0.15) is 37.9 Å². The maximum atomic E-state index is 12.0. The van der Waals surface area contributed by atoms with Crippen molar-refractivity contribution in [2.45, 2.75) is 44.6 Å². The van der Waals surface area contributed by atoms with Crippen LogP contribution in [0.4, 0.5) is 13.2 Å². The van der Waals surface area contributed by atoms with Crippen molar-refractivity contribution in [3.63, 3.8) is 0 Å². The van der Waals surface area contributed by atoms with Gasteiger partial charge in [-0.15, -0.1) is 0 Å². The Hall–Kier alpha value is -1.07. The van der Waals surface area contributed by atoms with Crippen molar-refractivity contribution >= 4 is 0 Å². The summed E-state index contributed by atoms with van der Waals surface area (Å²) in [5, 5.41) is 10.1. The molecule has 0 aromatic heterocycles. The predicted octanol–water partition coefficient (Wildman–Crippen LogP) is 3.86. The van der Waals surface area contributed by atoms with Gasteiger partial charge in [0.15, 0.2) is 0 Å². The van der Waals surface area contributed by atoms with E-state index in [1.165, 1.54) is 0 Å². The molecule has 19 heavy (non-hydrogen) atoms. The highest BCUT2D eigenvalue weighted by molar-refractivity contribution is 5.18. The first-order valence-electron chi connectivity index (χ1n) is 6.35. The van der Waals surface area contributed by atoms with Crippen LogP contribution in [-0.2, 0) is 4.74 Å². The van der Waals surface area contributed by atoms with Crippen molar-refractivity contribution in [1.82, 2.24) is 0 Å². The molecule has 0 aliphatic rings. The Bertz CT molecular complexity index is 351. The normalized spacial score (nSPS) is 15.2. The lowest BCUT2D eigenvalue weighted by Gasteiger charge is -2.22. The zero-order chi connectivity index (χ0) is 14.3. The second kappa shape index (κ2) is 7.50. The Morgan fingerprint density at radius 1 is 1.21 bits per heavy atom. The lowest BCUT2D eigenvalue weighted by Crippen LogP contribution is -2.22. The van der Waals surface area contributed by atoms with Gasteiger partial charge in [0.1, 0.15) is 6.10 Å². The Morgan fingerprint density at radius 2 is 1.84 bits per heavy atom. The summed E-state index contributed by atoms with van der Waals surface area (Å²) in [5.74, 6) is 0. The number of hydrogen-bond donors (Lipinski definition) is 1. The molecule has 2 atom stereocenters. The third-order valence-corrected chi connectivity index (χ3v) is 2.83. The van der Waals surface area contributed by atoms with E-state index in [1.807, 2.05) is 13.0 Å². The van der Waals surface area contributed by atoms with Gasteiger partial charge in [0.25, 0.3) is 0 Å². The summed E-state index contributed by atoms with van der Waals surface area (Å²) < 4.78 is 41.3. The van der Waals surface area contributed by atoms with Gasteiger partial charge in [-0.05, 0) is 18.4 Å². The Morgan fingerprint density at radius 3 is 2.37 bits per heavy atom. The summed E-state index contributed by atoms with van der Waals surface area (Å²) in [5.41, 5.74) is 0.713. The van der Waals surface area contributed by atoms with Crippen molar-refractivity contribution in [2.75, 3.05) is 6.61 Å². The third kappa shape index (κ3) is 6.07. The van der Waals surface area contributed by atoms with E-state index in [2.05, 4.69) is 0 Å². The summed E-state index contributed by atoms with van der Waals surface area (Å²) in [6.07, 6.45) is -5.83. The quantitative estimate of drug-likeness (QED) is 0.766. The van der Waals surface area contributed by atoms with E-state index >= 15 is 0 Å². The first-order chi connectivity index (χ1) is 8.94. The fraction of sp³-hybridized carbons (Fsp3) is 0.571. The molecule has 0 aliphatic heterocycles. The molecule has 0 bridgehead atoms. The molecule has 1 N–H and O–H groups in total. The third-order valence-electron chi connectivity index (χ3n) is 2.83. The molecule has 0 heterocycles. The highest BCUT2D eigenvalue weighted by Crippen LogP contribution is 2.24. The molecule has 1 aromatic carbocycles. The van der Waals surface area contributed by atoms with Crippen molar-refractivity contribution in [3.05, 3.63) is 35.9 Å². The first-order valence-corrected chi connectivity index (χ1v) is 6.35. The Balaban J connectivity index is 2.41. The minimum absolute atomic E-state index is 0.00190. The van der Waals surface area contributed by atoms with E-state index in [1.54, 1.807) is 24.3 Å². The molecule has 0 fully saturated rings. The number of rotatable bonds is 7. The maximum absolute atomic E-state index is 12.0. The highest BCUT2D eigenvalue weighted by Gasteiger charge is 2.26. The smallest absolute Gasteiger partial charge is 0.386 e. The van der Waals surface area contributed by atoms with Gasteiger partial charge < -0.3 is 9.84 Å². The molecule has 2 nitrogen and oxygen atoms in total. The van der Waals surface area contributed by atoms with Gasteiger partial charge in [-0.3, -0.25) is 0 Å². The van der Waals surface area contributed by atoms with Crippen LogP contribution in [0.15, 0.2) is 30.3 Å². The number of aliphatic hydroxyl groups excluding tert-OH is 1. The molecule has 0 saturated carbocycles. The Kier molecular flexibility index (Phi) is 6.31. The van der Waals surface area contributed by atoms with Crippen molar-refractivity contribution < 1.29 is 23.0 Å². The number of halogens is 3. The monoisotopic (exact) mass is 276 g/mol. The molecule has 2 unspecified atom stereocenters. The minimum Gasteiger partial charge on any atom is -0.386 e. The van der Waals surface area contributed by atoms with Crippen LogP contribution >= 0.6 is 0 Å². The Labute approximate surface area is 111 Å². The molecule has 5 heteroatoms. The lowest BCUT2D eigenvalue weighted by molar-refractivity contribution is -0.140. The fourth-order valence-electron chi connectivity index (χ4n) is 1.80. The number of ether oxygens (including phenoxy) is 1. The highest BCUT2D eigenvalue weighted by atomic mass is 19.4. The van der Waals surface area contributed by atoms with Gasteiger partial charge in [-0.25, -0.2) is 0 Å². The molecule has 0 saturated heterocycles. The molecule has 0 spiro atoms. The van der Waals surface area contributed by atoms with Crippen LogP contribution in [0.25, 0.3) is 0 Å². The average Bonchev–Trinajstić information content (AvgIpc) is 2.38. The SMILES string of the molecule is CCC(OCCCC(F)(F)F)C(O)c1ccccc1.